The fourth-order valence-corrected chi connectivity index (χ4v) is 1.46. The molecule has 0 saturated heterocycles. The van der Waals surface area contributed by atoms with E-state index in [0.717, 1.165) is 12.2 Å². The van der Waals surface area contributed by atoms with Crippen LogP contribution in [0.3, 0.4) is 0 Å². The number of rotatable bonds is 12. The summed E-state index contributed by atoms with van der Waals surface area (Å²) in [7, 11) is 0. The maximum Gasteiger partial charge on any atom is 0.243 e. The zero-order valence-electron chi connectivity index (χ0n) is 13.2. The molecule has 0 atom stereocenters. The summed E-state index contributed by atoms with van der Waals surface area (Å²) in [5.41, 5.74) is 0. The largest absolute Gasteiger partial charge is 0.356 e. The Morgan fingerprint density at radius 2 is 1.04 bits per heavy atom. The van der Waals surface area contributed by atoms with Gasteiger partial charge in [0.15, 0.2) is 0 Å². The van der Waals surface area contributed by atoms with Crippen molar-refractivity contribution in [3.8, 4) is 0 Å². The average molecular weight is 324 g/mol. The van der Waals surface area contributed by atoms with Gasteiger partial charge >= 0.3 is 0 Å². The second-order valence-corrected chi connectivity index (χ2v) is 4.54. The second kappa shape index (κ2) is 13.1. The van der Waals surface area contributed by atoms with Gasteiger partial charge in [0.2, 0.25) is 23.6 Å². The lowest BCUT2D eigenvalue weighted by molar-refractivity contribution is -0.122. The van der Waals surface area contributed by atoms with Gasteiger partial charge in [-0.2, -0.15) is 0 Å². The lowest BCUT2D eigenvalue weighted by Gasteiger charge is -2.07. The Morgan fingerprint density at radius 3 is 1.39 bits per heavy atom. The minimum absolute atomic E-state index is 0.173. The number of carbonyl (C=O) groups is 4. The van der Waals surface area contributed by atoms with Crippen LogP contribution < -0.4 is 21.3 Å². The Hall–Kier alpha value is -2.64. The molecule has 4 amide bonds. The van der Waals surface area contributed by atoms with Gasteiger partial charge in [0.25, 0.3) is 0 Å². The van der Waals surface area contributed by atoms with Crippen LogP contribution >= 0.6 is 0 Å². The van der Waals surface area contributed by atoms with Gasteiger partial charge in [0, 0.05) is 39.0 Å². The molecule has 0 aliphatic rings. The summed E-state index contributed by atoms with van der Waals surface area (Å²) < 4.78 is 0. The normalized spacial score (nSPS) is 9.39. The average Bonchev–Trinajstić information content (AvgIpc) is 2.54. The van der Waals surface area contributed by atoms with Gasteiger partial charge in [-0.1, -0.05) is 13.2 Å². The van der Waals surface area contributed by atoms with Crippen LogP contribution in [0.4, 0.5) is 0 Å². The zero-order valence-corrected chi connectivity index (χ0v) is 13.2. The first-order valence-corrected chi connectivity index (χ1v) is 7.33. The molecule has 0 aromatic carbocycles. The van der Waals surface area contributed by atoms with E-state index in [1.807, 2.05) is 0 Å². The number of nitrogens with one attached hydrogen (secondary N) is 4. The Labute approximate surface area is 135 Å². The fourth-order valence-electron chi connectivity index (χ4n) is 1.46. The smallest absolute Gasteiger partial charge is 0.243 e. The number of amides is 4. The third-order valence-corrected chi connectivity index (χ3v) is 2.67. The first-order chi connectivity index (χ1) is 11.0. The number of carbonyl (C=O) groups excluding carboxylic acids is 4. The molecule has 0 rings (SSSR count). The number of hydrogen-bond acceptors (Lipinski definition) is 4. The standard InChI is InChI=1S/C15H24N4O4/c1-3-12(20)18-10-6-14(22)16-8-5-9-17-15(23)7-11-19-13(21)4-2/h3-4H,1-2,5-11H2,(H,16,22)(H,17,23)(H,18,20)(H,19,21). The molecule has 128 valence electrons. The Bertz CT molecular complexity index is 409. The predicted octanol–water partition coefficient (Wildman–Crippen LogP) is -1.01. The summed E-state index contributed by atoms with van der Waals surface area (Å²) in [6, 6.07) is 0. The van der Waals surface area contributed by atoms with Gasteiger partial charge < -0.3 is 21.3 Å². The van der Waals surface area contributed by atoms with E-state index in [1.54, 1.807) is 0 Å². The monoisotopic (exact) mass is 324 g/mol. The Balaban J connectivity index is 3.50. The van der Waals surface area contributed by atoms with E-state index >= 15 is 0 Å². The molecule has 0 saturated carbocycles. The van der Waals surface area contributed by atoms with Gasteiger partial charge in [0.05, 0.1) is 0 Å². The van der Waals surface area contributed by atoms with E-state index in [0.29, 0.717) is 19.5 Å². The van der Waals surface area contributed by atoms with Crippen LogP contribution in [0.15, 0.2) is 25.3 Å². The van der Waals surface area contributed by atoms with Gasteiger partial charge in [-0.05, 0) is 18.6 Å². The summed E-state index contributed by atoms with van der Waals surface area (Å²) in [6.45, 7) is 7.98. The summed E-state index contributed by atoms with van der Waals surface area (Å²) in [5, 5.41) is 10.4. The Kier molecular flexibility index (Phi) is 11.6. The predicted molar refractivity (Wildman–Crippen MR) is 86.3 cm³/mol. The molecule has 0 fully saturated rings. The first-order valence-electron chi connectivity index (χ1n) is 7.33. The molecule has 4 N–H and O–H groups in total. The van der Waals surface area contributed by atoms with Crippen molar-refractivity contribution >= 4 is 23.6 Å². The summed E-state index contributed by atoms with van der Waals surface area (Å²) in [4.78, 5) is 44.6. The highest BCUT2D eigenvalue weighted by molar-refractivity contribution is 5.87. The molecule has 0 aromatic heterocycles. The summed E-state index contributed by atoms with van der Waals surface area (Å²) >= 11 is 0. The van der Waals surface area contributed by atoms with Gasteiger partial charge in [0.1, 0.15) is 0 Å². The fraction of sp³-hybridized carbons (Fsp3) is 0.467. The van der Waals surface area contributed by atoms with Crippen molar-refractivity contribution in [2.45, 2.75) is 19.3 Å². The minimum atomic E-state index is -0.315. The summed E-state index contributed by atoms with van der Waals surface area (Å²) in [6.07, 6.45) is 3.26. The Morgan fingerprint density at radius 1 is 0.652 bits per heavy atom. The molecule has 0 bridgehead atoms. The van der Waals surface area contributed by atoms with Crippen LogP contribution in [-0.4, -0.2) is 49.8 Å². The highest BCUT2D eigenvalue weighted by atomic mass is 16.2. The van der Waals surface area contributed by atoms with Crippen molar-refractivity contribution in [3.63, 3.8) is 0 Å². The zero-order chi connectivity index (χ0) is 17.5. The SMILES string of the molecule is C=CC(=O)NCCC(=O)NCCCNC(=O)CCNC(=O)C=C. The van der Waals surface area contributed by atoms with Crippen molar-refractivity contribution in [3.05, 3.63) is 25.3 Å². The van der Waals surface area contributed by atoms with Crippen LogP contribution in [0.25, 0.3) is 0 Å². The van der Waals surface area contributed by atoms with Gasteiger partial charge in [-0.3, -0.25) is 19.2 Å². The molecule has 8 nitrogen and oxygen atoms in total. The van der Waals surface area contributed by atoms with E-state index in [2.05, 4.69) is 34.4 Å². The van der Waals surface area contributed by atoms with Gasteiger partial charge in [-0.15, -0.1) is 0 Å². The van der Waals surface area contributed by atoms with Crippen molar-refractivity contribution in [2.75, 3.05) is 26.2 Å². The van der Waals surface area contributed by atoms with Crippen LogP contribution in [0.5, 0.6) is 0 Å². The van der Waals surface area contributed by atoms with E-state index < -0.39 is 0 Å². The lowest BCUT2D eigenvalue weighted by Crippen LogP contribution is -2.33. The molecule has 8 heteroatoms. The molecule has 23 heavy (non-hydrogen) atoms. The molecule has 0 radical (unpaired) electrons. The van der Waals surface area contributed by atoms with Gasteiger partial charge in [-0.25, -0.2) is 0 Å². The maximum absolute atomic E-state index is 11.4. The van der Waals surface area contributed by atoms with Crippen molar-refractivity contribution in [1.82, 2.24) is 21.3 Å². The van der Waals surface area contributed by atoms with Crippen LogP contribution in [0, 0.1) is 0 Å². The van der Waals surface area contributed by atoms with E-state index in [4.69, 9.17) is 0 Å². The first kappa shape index (κ1) is 20.4. The number of hydrogen-bond donors (Lipinski definition) is 4. The van der Waals surface area contributed by atoms with Crippen LogP contribution in [0.1, 0.15) is 19.3 Å². The second-order valence-electron chi connectivity index (χ2n) is 4.54. The van der Waals surface area contributed by atoms with Crippen LogP contribution in [-0.2, 0) is 19.2 Å². The van der Waals surface area contributed by atoms with Crippen molar-refractivity contribution in [2.24, 2.45) is 0 Å². The maximum atomic E-state index is 11.4. The quantitative estimate of drug-likeness (QED) is 0.272. The molecule has 0 aliphatic carbocycles. The van der Waals surface area contributed by atoms with E-state index in [1.165, 1.54) is 0 Å². The highest BCUT2D eigenvalue weighted by Gasteiger charge is 2.03. The minimum Gasteiger partial charge on any atom is -0.356 e. The molecule has 0 spiro atoms. The third-order valence-electron chi connectivity index (χ3n) is 2.67. The molecular formula is C15H24N4O4. The molecular weight excluding hydrogens is 300 g/mol. The molecule has 0 aliphatic heterocycles. The summed E-state index contributed by atoms with van der Waals surface area (Å²) in [5.74, 6) is -0.977. The topological polar surface area (TPSA) is 116 Å². The van der Waals surface area contributed by atoms with Crippen molar-refractivity contribution < 1.29 is 19.2 Å². The van der Waals surface area contributed by atoms with E-state index in [-0.39, 0.29) is 49.6 Å². The molecule has 0 heterocycles. The molecule has 0 unspecified atom stereocenters. The lowest BCUT2D eigenvalue weighted by atomic mass is 10.3. The molecule has 0 aromatic rings. The van der Waals surface area contributed by atoms with Crippen molar-refractivity contribution in [1.29, 1.82) is 0 Å². The third kappa shape index (κ3) is 12.8. The van der Waals surface area contributed by atoms with Crippen LogP contribution in [0.2, 0.25) is 0 Å². The van der Waals surface area contributed by atoms with E-state index in [9.17, 15) is 19.2 Å². The highest BCUT2D eigenvalue weighted by Crippen LogP contribution is 1.82.